The molecule has 0 bridgehead atoms. The quantitative estimate of drug-likeness (QED) is 0.512. The van der Waals surface area contributed by atoms with Gasteiger partial charge in [-0.05, 0) is 73.0 Å². The van der Waals surface area contributed by atoms with Gasteiger partial charge in [-0.3, -0.25) is 9.59 Å². The molecule has 2 aliphatic heterocycles. The summed E-state index contributed by atoms with van der Waals surface area (Å²) in [6.45, 7) is 0.696. The van der Waals surface area contributed by atoms with Crippen LogP contribution in [0.4, 0.5) is 10.1 Å². The van der Waals surface area contributed by atoms with Gasteiger partial charge < -0.3 is 10.2 Å². The molecule has 2 amide bonds. The molecule has 7 nitrogen and oxygen atoms in total. The number of amides is 2. The number of benzene rings is 3. The Labute approximate surface area is 219 Å². The number of carbonyl (C=O) groups is 2. The standard InChI is InChI=1S/C27H25ClFN3O4S/c28-20-8-13-24-23(16-20)26(18-4-9-21(29)10-5-18)32(17-25(33)30-24)27(34)19-6-11-22(12-7-19)37(35,36)31-14-2-1-3-15-31/h4-13,16,26H,1-3,14-15,17H2,(H,30,33)/t26-/m0/s1. The second kappa shape index (κ2) is 10.2. The summed E-state index contributed by atoms with van der Waals surface area (Å²) in [7, 11) is -3.65. The second-order valence-electron chi connectivity index (χ2n) is 9.16. The lowest BCUT2D eigenvalue weighted by Crippen LogP contribution is -2.39. The molecule has 0 aliphatic carbocycles. The van der Waals surface area contributed by atoms with Crippen LogP contribution in [-0.2, 0) is 14.8 Å². The van der Waals surface area contributed by atoms with Crippen LogP contribution in [0, 0.1) is 5.82 Å². The first-order chi connectivity index (χ1) is 17.7. The van der Waals surface area contributed by atoms with Crippen LogP contribution in [0.5, 0.6) is 0 Å². The molecule has 3 aromatic carbocycles. The zero-order chi connectivity index (χ0) is 26.2. The first kappa shape index (κ1) is 25.4. The maximum atomic E-state index is 13.8. The van der Waals surface area contributed by atoms with Crippen LogP contribution in [0.3, 0.4) is 0 Å². The van der Waals surface area contributed by atoms with Crippen molar-refractivity contribution in [3.8, 4) is 0 Å². The first-order valence-electron chi connectivity index (χ1n) is 12.0. The monoisotopic (exact) mass is 541 g/mol. The molecule has 37 heavy (non-hydrogen) atoms. The van der Waals surface area contributed by atoms with E-state index in [1.54, 1.807) is 30.3 Å². The Morgan fingerprint density at radius 1 is 0.946 bits per heavy atom. The fourth-order valence-electron chi connectivity index (χ4n) is 4.86. The Morgan fingerprint density at radius 2 is 1.62 bits per heavy atom. The van der Waals surface area contributed by atoms with Gasteiger partial charge in [0, 0.05) is 34.9 Å². The molecular formula is C27H25ClFN3O4S. The van der Waals surface area contributed by atoms with Crippen molar-refractivity contribution in [3.05, 3.63) is 94.3 Å². The highest BCUT2D eigenvalue weighted by molar-refractivity contribution is 7.89. The van der Waals surface area contributed by atoms with Crippen LogP contribution < -0.4 is 5.32 Å². The molecule has 1 N–H and O–H groups in total. The van der Waals surface area contributed by atoms with Gasteiger partial charge in [0.1, 0.15) is 12.4 Å². The molecule has 2 heterocycles. The van der Waals surface area contributed by atoms with Crippen LogP contribution in [0.15, 0.2) is 71.6 Å². The fraction of sp³-hybridized carbons (Fsp3) is 0.259. The number of rotatable bonds is 4. The molecule has 1 fully saturated rings. The predicted octanol–water partition coefficient (Wildman–Crippen LogP) is 4.84. The van der Waals surface area contributed by atoms with Crippen molar-refractivity contribution in [3.63, 3.8) is 0 Å². The Hall–Kier alpha value is -3.27. The van der Waals surface area contributed by atoms with Crippen molar-refractivity contribution in [2.24, 2.45) is 0 Å². The van der Waals surface area contributed by atoms with Gasteiger partial charge >= 0.3 is 0 Å². The first-order valence-corrected chi connectivity index (χ1v) is 13.8. The summed E-state index contributed by atoms with van der Waals surface area (Å²) >= 11 is 6.28. The number of nitrogens with zero attached hydrogens (tertiary/aromatic N) is 2. The molecule has 10 heteroatoms. The van der Waals surface area contributed by atoms with E-state index in [4.69, 9.17) is 11.6 Å². The van der Waals surface area contributed by atoms with Gasteiger partial charge in [0.2, 0.25) is 15.9 Å². The smallest absolute Gasteiger partial charge is 0.255 e. The van der Waals surface area contributed by atoms with Gasteiger partial charge in [-0.1, -0.05) is 30.2 Å². The summed E-state index contributed by atoms with van der Waals surface area (Å²) < 4.78 is 41.2. The van der Waals surface area contributed by atoms with Crippen molar-refractivity contribution < 1.29 is 22.4 Å². The Bertz CT molecular complexity index is 1440. The summed E-state index contributed by atoms with van der Waals surface area (Å²) in [6, 6.07) is 15.7. The summed E-state index contributed by atoms with van der Waals surface area (Å²) in [4.78, 5) is 28.1. The summed E-state index contributed by atoms with van der Waals surface area (Å²) in [5, 5.41) is 3.23. The van der Waals surface area contributed by atoms with E-state index in [0.717, 1.165) is 19.3 Å². The summed E-state index contributed by atoms with van der Waals surface area (Å²) in [5.74, 6) is -1.30. The Kier molecular flexibility index (Phi) is 7.02. The van der Waals surface area contributed by atoms with E-state index < -0.39 is 33.7 Å². The zero-order valence-electron chi connectivity index (χ0n) is 19.9. The molecule has 0 unspecified atom stereocenters. The van der Waals surface area contributed by atoms with Gasteiger partial charge in [-0.15, -0.1) is 0 Å². The third kappa shape index (κ3) is 5.12. The van der Waals surface area contributed by atoms with E-state index in [2.05, 4.69) is 5.32 Å². The van der Waals surface area contributed by atoms with Gasteiger partial charge in [0.05, 0.1) is 10.9 Å². The van der Waals surface area contributed by atoms with Crippen molar-refractivity contribution in [1.82, 2.24) is 9.21 Å². The number of anilines is 1. The van der Waals surface area contributed by atoms with E-state index in [9.17, 15) is 22.4 Å². The number of fused-ring (bicyclic) bond motifs is 1. The average Bonchev–Trinajstić information content (AvgIpc) is 3.05. The molecule has 0 radical (unpaired) electrons. The average molecular weight is 542 g/mol. The molecule has 0 spiro atoms. The molecule has 2 aliphatic rings. The molecule has 0 saturated carbocycles. The van der Waals surface area contributed by atoms with Crippen molar-refractivity contribution in [1.29, 1.82) is 0 Å². The topological polar surface area (TPSA) is 86.8 Å². The van der Waals surface area contributed by atoms with Crippen molar-refractivity contribution in [2.75, 3.05) is 25.0 Å². The molecule has 192 valence electrons. The van der Waals surface area contributed by atoms with E-state index >= 15 is 0 Å². The minimum absolute atomic E-state index is 0.117. The van der Waals surface area contributed by atoms with Crippen molar-refractivity contribution in [2.45, 2.75) is 30.2 Å². The molecule has 1 atom stereocenters. The third-order valence-corrected chi connectivity index (χ3v) is 8.86. The maximum absolute atomic E-state index is 13.8. The van der Waals surface area contributed by atoms with Gasteiger partial charge in [-0.25, -0.2) is 12.8 Å². The SMILES string of the molecule is O=C1CN(C(=O)c2ccc(S(=O)(=O)N3CCCCC3)cc2)[C@@H](c2ccc(F)cc2)c2cc(Cl)ccc2N1. The lowest BCUT2D eigenvalue weighted by atomic mass is 9.95. The lowest BCUT2D eigenvalue weighted by Gasteiger charge is -2.31. The second-order valence-corrected chi connectivity index (χ2v) is 11.5. The molecule has 3 aromatic rings. The highest BCUT2D eigenvalue weighted by Gasteiger charge is 2.34. The largest absolute Gasteiger partial charge is 0.324 e. The molecular weight excluding hydrogens is 517 g/mol. The fourth-order valence-corrected chi connectivity index (χ4v) is 6.56. The van der Waals surface area contributed by atoms with Gasteiger partial charge in [0.25, 0.3) is 5.91 Å². The molecule has 0 aromatic heterocycles. The van der Waals surface area contributed by atoms with E-state index in [0.29, 0.717) is 34.9 Å². The van der Waals surface area contributed by atoms with Crippen LogP contribution in [0.25, 0.3) is 0 Å². The highest BCUT2D eigenvalue weighted by Crippen LogP contribution is 2.38. The minimum atomic E-state index is -3.65. The summed E-state index contributed by atoms with van der Waals surface area (Å²) in [5.41, 5.74) is 1.91. The molecule has 5 rings (SSSR count). The number of hydrogen-bond donors (Lipinski definition) is 1. The van der Waals surface area contributed by atoms with Crippen LogP contribution in [-0.4, -0.2) is 49.1 Å². The number of nitrogens with one attached hydrogen (secondary N) is 1. The Morgan fingerprint density at radius 3 is 2.30 bits per heavy atom. The number of sulfonamides is 1. The van der Waals surface area contributed by atoms with Gasteiger partial charge in [-0.2, -0.15) is 4.31 Å². The minimum Gasteiger partial charge on any atom is -0.324 e. The molecule has 1 saturated heterocycles. The number of piperidine rings is 1. The van der Waals surface area contributed by atoms with Gasteiger partial charge in [0.15, 0.2) is 0 Å². The normalized spacial score (nSPS) is 18.6. The van der Waals surface area contributed by atoms with E-state index in [1.807, 2.05) is 0 Å². The van der Waals surface area contributed by atoms with Crippen LogP contribution in [0.1, 0.15) is 46.8 Å². The van der Waals surface area contributed by atoms with Crippen molar-refractivity contribution >= 4 is 39.1 Å². The third-order valence-electron chi connectivity index (χ3n) is 6.71. The maximum Gasteiger partial charge on any atom is 0.255 e. The Balaban J connectivity index is 1.53. The summed E-state index contributed by atoms with van der Waals surface area (Å²) in [6.07, 6.45) is 2.65. The van der Waals surface area contributed by atoms with E-state index in [1.165, 1.54) is 45.6 Å². The van der Waals surface area contributed by atoms with E-state index in [-0.39, 0.29) is 17.0 Å². The predicted molar refractivity (Wildman–Crippen MR) is 138 cm³/mol. The number of hydrogen-bond acceptors (Lipinski definition) is 4. The number of carbonyl (C=O) groups excluding carboxylic acids is 2. The van der Waals surface area contributed by atoms with Crippen LogP contribution in [0.2, 0.25) is 5.02 Å². The highest BCUT2D eigenvalue weighted by atomic mass is 35.5. The zero-order valence-corrected chi connectivity index (χ0v) is 21.4. The van der Waals surface area contributed by atoms with Crippen LogP contribution >= 0.6 is 11.6 Å². The number of halogens is 2. The lowest BCUT2D eigenvalue weighted by molar-refractivity contribution is -0.117.